The van der Waals surface area contributed by atoms with Gasteiger partial charge in [0, 0.05) is 46.3 Å². The minimum atomic E-state index is -5.30. The number of aliphatic hydroxyl groups is 1. The fraction of sp³-hybridized carbons (Fsp3) is 0.519. The molecule has 3 rings (SSSR count). The van der Waals surface area contributed by atoms with Crippen LogP contribution >= 0.6 is 11.6 Å². The zero-order valence-electron chi connectivity index (χ0n) is 22.8. The van der Waals surface area contributed by atoms with Crippen molar-refractivity contribution in [1.29, 1.82) is 0 Å². The van der Waals surface area contributed by atoms with Gasteiger partial charge >= 0.3 is 6.18 Å². The number of likely N-dealkylation sites (N-methyl/N-ethyl adjacent to an activating group) is 1. The number of hydrogen-bond donors (Lipinski definition) is 1. The Morgan fingerprint density at radius 1 is 1.15 bits per heavy atom. The Morgan fingerprint density at radius 2 is 1.80 bits per heavy atom. The normalized spacial score (nSPS) is 16.7. The Morgan fingerprint density at radius 3 is 2.35 bits per heavy atom. The summed E-state index contributed by atoms with van der Waals surface area (Å²) in [4.78, 5) is 33.3. The van der Waals surface area contributed by atoms with Crippen molar-refractivity contribution in [2.75, 3.05) is 52.8 Å². The van der Waals surface area contributed by atoms with E-state index in [9.17, 15) is 27.9 Å². The molecule has 0 aliphatic carbocycles. The van der Waals surface area contributed by atoms with Gasteiger partial charge in [0.25, 0.3) is 17.4 Å². The number of pyridine rings is 1. The van der Waals surface area contributed by atoms with Gasteiger partial charge in [0.05, 0.1) is 12.7 Å². The molecule has 1 atom stereocenters. The van der Waals surface area contributed by atoms with Gasteiger partial charge in [-0.15, -0.1) is 0 Å². The molecule has 1 aromatic heterocycles. The smallest absolute Gasteiger partial charge is 0.430 e. The first-order valence-electron chi connectivity index (χ1n) is 12.6. The highest BCUT2D eigenvalue weighted by atomic mass is 35.5. The van der Waals surface area contributed by atoms with Crippen molar-refractivity contribution in [2.24, 2.45) is 0 Å². The minimum Gasteiger partial charge on any atom is -0.497 e. The van der Waals surface area contributed by atoms with Gasteiger partial charge in [-0.3, -0.25) is 9.59 Å². The summed E-state index contributed by atoms with van der Waals surface area (Å²) in [5.41, 5.74) is -5.78. The highest BCUT2D eigenvalue weighted by molar-refractivity contribution is 6.32. The second kappa shape index (κ2) is 12.2. The van der Waals surface area contributed by atoms with E-state index in [1.54, 1.807) is 26.2 Å². The molecule has 0 bridgehead atoms. The minimum absolute atomic E-state index is 0.0204. The van der Waals surface area contributed by atoms with Crippen LogP contribution in [0.25, 0.3) is 0 Å². The van der Waals surface area contributed by atoms with Crippen LogP contribution < -0.4 is 9.64 Å². The fourth-order valence-electron chi connectivity index (χ4n) is 4.66. The van der Waals surface area contributed by atoms with Gasteiger partial charge in [-0.25, -0.2) is 9.37 Å². The molecule has 2 aromatic rings. The molecular formula is C27H33ClF4N4O4. The molecule has 0 spiro atoms. The van der Waals surface area contributed by atoms with Crippen LogP contribution in [0, 0.1) is 0 Å². The quantitative estimate of drug-likeness (QED) is 0.344. The van der Waals surface area contributed by atoms with Crippen LogP contribution in [0.4, 0.5) is 23.4 Å². The number of carbonyl (C=O) groups is 2. The van der Waals surface area contributed by atoms with Gasteiger partial charge in [0.1, 0.15) is 22.4 Å². The molecule has 1 saturated heterocycles. The molecule has 220 valence electrons. The third-order valence-corrected chi connectivity index (χ3v) is 7.41. The summed E-state index contributed by atoms with van der Waals surface area (Å²) in [5.74, 6) is -1.28. The number of ether oxygens (including phenoxy) is 1. The Hall–Kier alpha value is -3.12. The molecule has 2 heterocycles. The highest BCUT2D eigenvalue weighted by Gasteiger charge is 2.61. The van der Waals surface area contributed by atoms with Crippen LogP contribution in [0.15, 0.2) is 36.4 Å². The van der Waals surface area contributed by atoms with Crippen LogP contribution in [0.5, 0.6) is 5.75 Å². The molecule has 1 aliphatic rings. The van der Waals surface area contributed by atoms with Crippen molar-refractivity contribution in [3.05, 3.63) is 52.7 Å². The number of amides is 2. The van der Waals surface area contributed by atoms with E-state index in [0.29, 0.717) is 18.9 Å². The van der Waals surface area contributed by atoms with Crippen LogP contribution in [0.1, 0.15) is 41.6 Å². The summed E-state index contributed by atoms with van der Waals surface area (Å²) in [5, 5.41) is 10.7. The number of carbonyl (C=O) groups excluding carboxylic acids is 2. The van der Waals surface area contributed by atoms with E-state index in [2.05, 4.69) is 4.98 Å². The van der Waals surface area contributed by atoms with Gasteiger partial charge in [0.2, 0.25) is 0 Å². The molecule has 1 aromatic carbocycles. The lowest BCUT2D eigenvalue weighted by atomic mass is 9.88. The van der Waals surface area contributed by atoms with E-state index in [1.807, 2.05) is 4.90 Å². The van der Waals surface area contributed by atoms with Gasteiger partial charge in [-0.1, -0.05) is 23.7 Å². The Balaban J connectivity index is 1.60. The summed E-state index contributed by atoms with van der Waals surface area (Å²) < 4.78 is 62.4. The number of rotatable bonds is 9. The number of anilines is 1. The van der Waals surface area contributed by atoms with E-state index in [-0.39, 0.29) is 54.6 Å². The zero-order valence-corrected chi connectivity index (χ0v) is 23.5. The lowest BCUT2D eigenvalue weighted by Crippen LogP contribution is -2.55. The number of alkyl halides is 4. The maximum Gasteiger partial charge on any atom is 0.430 e. The van der Waals surface area contributed by atoms with Crippen molar-refractivity contribution in [2.45, 2.75) is 43.1 Å². The average Bonchev–Trinajstić information content (AvgIpc) is 2.91. The molecule has 1 aliphatic heterocycles. The maximum absolute atomic E-state index is 15.6. The summed E-state index contributed by atoms with van der Waals surface area (Å²) in [6.45, 7) is 0.452. The standard InChI is InChI=1S/C27H33ClF4N4O4/c1-34(2)23(37)20-9-10-21(33-22(20)28)36-15-12-25(29,13-16-36)11-6-14-35(3)24(38)26(39,27(30,31)32)18-7-5-8-19(17-18)40-4/h5,7-10,17,39H,6,11-16H2,1-4H3/t26-/m1/s1. The summed E-state index contributed by atoms with van der Waals surface area (Å²) in [7, 11) is 5.60. The Kier molecular flexibility index (Phi) is 9.56. The van der Waals surface area contributed by atoms with E-state index in [1.165, 1.54) is 24.1 Å². The maximum atomic E-state index is 15.6. The van der Waals surface area contributed by atoms with Crippen molar-refractivity contribution < 1.29 is 37.0 Å². The molecule has 1 fully saturated rings. The number of benzene rings is 1. The summed E-state index contributed by atoms with van der Waals surface area (Å²) in [6, 6.07) is 7.83. The van der Waals surface area contributed by atoms with E-state index >= 15 is 4.39 Å². The molecular weight excluding hydrogens is 556 g/mol. The predicted octanol–water partition coefficient (Wildman–Crippen LogP) is 4.44. The van der Waals surface area contributed by atoms with Gasteiger partial charge in [-0.2, -0.15) is 13.2 Å². The number of halogens is 5. The van der Waals surface area contributed by atoms with Crippen LogP contribution in [-0.4, -0.2) is 91.4 Å². The van der Waals surface area contributed by atoms with E-state index in [0.717, 1.165) is 24.1 Å². The molecule has 8 nitrogen and oxygen atoms in total. The molecule has 1 N–H and O–H groups in total. The number of aromatic nitrogens is 1. The van der Waals surface area contributed by atoms with Crippen molar-refractivity contribution in [3.63, 3.8) is 0 Å². The molecule has 2 amide bonds. The molecule has 0 unspecified atom stereocenters. The lowest BCUT2D eigenvalue weighted by Gasteiger charge is -2.38. The zero-order chi connectivity index (χ0) is 29.9. The monoisotopic (exact) mass is 588 g/mol. The highest BCUT2D eigenvalue weighted by Crippen LogP contribution is 2.41. The number of hydrogen-bond acceptors (Lipinski definition) is 6. The molecule has 40 heavy (non-hydrogen) atoms. The summed E-state index contributed by atoms with van der Waals surface area (Å²) in [6.07, 6.45) is -4.91. The number of nitrogens with zero attached hydrogens (tertiary/aromatic N) is 4. The van der Waals surface area contributed by atoms with Crippen LogP contribution in [0.3, 0.4) is 0 Å². The molecule has 13 heteroatoms. The lowest BCUT2D eigenvalue weighted by molar-refractivity contribution is -0.261. The first-order valence-corrected chi connectivity index (χ1v) is 13.0. The third-order valence-electron chi connectivity index (χ3n) is 7.13. The average molecular weight is 589 g/mol. The molecule has 0 radical (unpaired) electrons. The van der Waals surface area contributed by atoms with Crippen molar-refractivity contribution in [1.82, 2.24) is 14.8 Å². The number of methoxy groups -OCH3 is 1. The predicted molar refractivity (Wildman–Crippen MR) is 142 cm³/mol. The van der Waals surface area contributed by atoms with Crippen molar-refractivity contribution in [3.8, 4) is 5.75 Å². The first kappa shape index (κ1) is 31.4. The van der Waals surface area contributed by atoms with Gasteiger partial charge < -0.3 is 24.5 Å². The second-order valence-corrected chi connectivity index (χ2v) is 10.5. The Labute approximate surface area is 235 Å². The van der Waals surface area contributed by atoms with Gasteiger partial charge in [0.15, 0.2) is 0 Å². The fourth-order valence-corrected chi connectivity index (χ4v) is 4.89. The topological polar surface area (TPSA) is 86.2 Å². The second-order valence-electron chi connectivity index (χ2n) is 10.1. The summed E-state index contributed by atoms with van der Waals surface area (Å²) >= 11 is 6.20. The Bertz CT molecular complexity index is 1220. The van der Waals surface area contributed by atoms with Gasteiger partial charge in [-0.05, 0) is 49.9 Å². The largest absolute Gasteiger partial charge is 0.497 e. The number of piperidine rings is 1. The van der Waals surface area contributed by atoms with E-state index < -0.39 is 28.9 Å². The van der Waals surface area contributed by atoms with Crippen LogP contribution in [0.2, 0.25) is 5.15 Å². The SMILES string of the molecule is COc1cccc([C@@](O)(C(=O)N(C)CCCC2(F)CCN(c3ccc(C(=O)N(C)C)c(Cl)n3)CC2)C(F)(F)F)c1. The third kappa shape index (κ3) is 6.60. The van der Waals surface area contributed by atoms with Crippen LogP contribution in [-0.2, 0) is 10.4 Å². The van der Waals surface area contributed by atoms with E-state index in [4.69, 9.17) is 16.3 Å². The molecule has 0 saturated carbocycles. The van der Waals surface area contributed by atoms with Crippen molar-refractivity contribution >= 4 is 29.2 Å². The first-order chi connectivity index (χ1) is 18.6.